The molecular formula is C8H13BrN2S. The minimum absolute atomic E-state index is 0.463. The zero-order chi connectivity index (χ0) is 9.14. The Morgan fingerprint density at radius 1 is 1.42 bits per heavy atom. The Balaban J connectivity index is 2.81. The average Bonchev–Trinajstić information content (AvgIpc) is 2.37. The van der Waals surface area contributed by atoms with Gasteiger partial charge >= 0.3 is 0 Å². The summed E-state index contributed by atoms with van der Waals surface area (Å²) in [6.45, 7) is 6.58. The van der Waals surface area contributed by atoms with Crippen molar-refractivity contribution in [1.29, 1.82) is 0 Å². The van der Waals surface area contributed by atoms with Gasteiger partial charge in [-0.2, -0.15) is 0 Å². The largest absolute Gasteiger partial charge is 0.147 e. The molecule has 12 heavy (non-hydrogen) atoms. The van der Waals surface area contributed by atoms with Crippen molar-refractivity contribution in [3.63, 3.8) is 0 Å². The van der Waals surface area contributed by atoms with Gasteiger partial charge in [0.15, 0.2) is 0 Å². The number of halogens is 1. The monoisotopic (exact) mass is 248 g/mol. The number of hydrogen-bond donors (Lipinski definition) is 0. The van der Waals surface area contributed by atoms with Gasteiger partial charge in [0, 0.05) is 10.7 Å². The summed E-state index contributed by atoms with van der Waals surface area (Å²) in [6.07, 6.45) is 0. The molecule has 0 bridgehead atoms. The molecule has 0 saturated heterocycles. The highest BCUT2D eigenvalue weighted by molar-refractivity contribution is 9.09. The van der Waals surface area contributed by atoms with Crippen LogP contribution in [-0.4, -0.2) is 15.0 Å². The standard InChI is InChI=1S/C8H13BrN2S/c1-5(2)7(6(3)9)8-11-10-4-12-8/h4-7H,1-3H3. The van der Waals surface area contributed by atoms with Crippen LogP contribution in [0.5, 0.6) is 0 Å². The van der Waals surface area contributed by atoms with Crippen LogP contribution in [0, 0.1) is 5.92 Å². The molecule has 1 rings (SSSR count). The Hall–Kier alpha value is 0.0400. The molecule has 0 aliphatic rings. The van der Waals surface area contributed by atoms with Crippen molar-refractivity contribution in [2.75, 3.05) is 0 Å². The van der Waals surface area contributed by atoms with Crippen molar-refractivity contribution in [3.05, 3.63) is 10.5 Å². The fourth-order valence-corrected chi connectivity index (χ4v) is 3.30. The van der Waals surface area contributed by atoms with Gasteiger partial charge in [0.2, 0.25) is 0 Å². The summed E-state index contributed by atoms with van der Waals surface area (Å²) in [5, 5.41) is 9.09. The normalized spacial score (nSPS) is 16.4. The molecule has 4 heteroatoms. The highest BCUT2D eigenvalue weighted by atomic mass is 79.9. The van der Waals surface area contributed by atoms with Crippen LogP contribution in [0.3, 0.4) is 0 Å². The molecule has 2 unspecified atom stereocenters. The lowest BCUT2D eigenvalue weighted by molar-refractivity contribution is 0.493. The highest BCUT2D eigenvalue weighted by Gasteiger charge is 2.23. The molecule has 1 heterocycles. The number of alkyl halides is 1. The number of hydrogen-bond acceptors (Lipinski definition) is 3. The Kier molecular flexibility index (Phi) is 3.65. The summed E-state index contributed by atoms with van der Waals surface area (Å²) in [6, 6.07) is 0. The van der Waals surface area contributed by atoms with Gasteiger partial charge in [0.25, 0.3) is 0 Å². The van der Waals surface area contributed by atoms with E-state index in [2.05, 4.69) is 46.9 Å². The van der Waals surface area contributed by atoms with Gasteiger partial charge in [-0.1, -0.05) is 36.7 Å². The van der Waals surface area contributed by atoms with E-state index < -0.39 is 0 Å². The van der Waals surface area contributed by atoms with Gasteiger partial charge in [-0.25, -0.2) is 0 Å². The summed E-state index contributed by atoms with van der Waals surface area (Å²) in [5.41, 5.74) is 1.79. The van der Waals surface area contributed by atoms with Crippen LogP contribution in [-0.2, 0) is 0 Å². The third kappa shape index (κ3) is 2.26. The lowest BCUT2D eigenvalue weighted by atomic mass is 9.94. The van der Waals surface area contributed by atoms with E-state index in [9.17, 15) is 0 Å². The molecular weight excluding hydrogens is 236 g/mol. The minimum Gasteiger partial charge on any atom is -0.147 e. The third-order valence-electron chi connectivity index (χ3n) is 1.88. The molecule has 0 aliphatic carbocycles. The fraction of sp³-hybridized carbons (Fsp3) is 0.750. The van der Waals surface area contributed by atoms with Crippen molar-refractivity contribution in [1.82, 2.24) is 10.2 Å². The maximum Gasteiger partial charge on any atom is 0.121 e. The first-order valence-electron chi connectivity index (χ1n) is 4.03. The van der Waals surface area contributed by atoms with Crippen molar-refractivity contribution < 1.29 is 0 Å². The molecule has 68 valence electrons. The van der Waals surface area contributed by atoms with Crippen molar-refractivity contribution in [2.24, 2.45) is 5.92 Å². The second-order valence-corrected chi connectivity index (χ2v) is 5.53. The summed E-state index contributed by atoms with van der Waals surface area (Å²) >= 11 is 5.24. The fourth-order valence-electron chi connectivity index (χ4n) is 1.34. The quantitative estimate of drug-likeness (QED) is 0.769. The van der Waals surface area contributed by atoms with Crippen molar-refractivity contribution in [2.45, 2.75) is 31.5 Å². The first kappa shape index (κ1) is 10.1. The maximum absolute atomic E-state index is 4.10. The van der Waals surface area contributed by atoms with E-state index in [1.165, 1.54) is 0 Å². The average molecular weight is 249 g/mol. The molecule has 0 radical (unpaired) electrons. The van der Waals surface area contributed by atoms with Crippen LogP contribution in [0.1, 0.15) is 31.7 Å². The van der Waals surface area contributed by atoms with Crippen LogP contribution in [0.25, 0.3) is 0 Å². The van der Waals surface area contributed by atoms with Crippen molar-refractivity contribution in [3.8, 4) is 0 Å². The summed E-state index contributed by atoms with van der Waals surface area (Å²) in [4.78, 5) is 0.463. The first-order valence-corrected chi connectivity index (χ1v) is 5.82. The van der Waals surface area contributed by atoms with E-state index in [0.717, 1.165) is 5.01 Å². The zero-order valence-corrected chi connectivity index (χ0v) is 9.89. The van der Waals surface area contributed by atoms with E-state index in [0.29, 0.717) is 16.7 Å². The first-order chi connectivity index (χ1) is 5.63. The molecule has 1 aromatic heterocycles. The van der Waals surface area contributed by atoms with Gasteiger partial charge in [0.05, 0.1) is 0 Å². The highest BCUT2D eigenvalue weighted by Crippen LogP contribution is 2.32. The van der Waals surface area contributed by atoms with Crippen LogP contribution >= 0.6 is 27.3 Å². The zero-order valence-electron chi connectivity index (χ0n) is 7.49. The van der Waals surface area contributed by atoms with Crippen LogP contribution in [0.2, 0.25) is 0 Å². The van der Waals surface area contributed by atoms with E-state index in [-0.39, 0.29) is 0 Å². The minimum atomic E-state index is 0.463. The van der Waals surface area contributed by atoms with E-state index in [1.54, 1.807) is 16.8 Å². The third-order valence-corrected chi connectivity index (χ3v) is 3.24. The molecule has 0 spiro atoms. The SMILES string of the molecule is CC(C)C(c1nncs1)C(C)Br. The van der Waals surface area contributed by atoms with Gasteiger partial charge < -0.3 is 0 Å². The topological polar surface area (TPSA) is 25.8 Å². The molecule has 0 N–H and O–H groups in total. The molecule has 0 fully saturated rings. The lowest BCUT2D eigenvalue weighted by Crippen LogP contribution is -2.15. The molecule has 0 saturated carbocycles. The molecule has 2 atom stereocenters. The second-order valence-electron chi connectivity index (χ2n) is 3.22. The van der Waals surface area contributed by atoms with E-state index in [1.807, 2.05) is 0 Å². The predicted molar refractivity (Wildman–Crippen MR) is 55.9 cm³/mol. The summed E-state index contributed by atoms with van der Waals surface area (Å²) in [7, 11) is 0. The van der Waals surface area contributed by atoms with Crippen molar-refractivity contribution >= 4 is 27.3 Å². The predicted octanol–water partition coefficient (Wildman–Crippen LogP) is 3.06. The van der Waals surface area contributed by atoms with E-state index >= 15 is 0 Å². The van der Waals surface area contributed by atoms with Crippen LogP contribution in [0.15, 0.2) is 5.51 Å². The van der Waals surface area contributed by atoms with E-state index in [4.69, 9.17) is 0 Å². The summed E-state index contributed by atoms with van der Waals surface area (Å²) in [5.74, 6) is 1.09. The Labute approximate surface area is 85.5 Å². The molecule has 0 aromatic carbocycles. The number of rotatable bonds is 3. The van der Waals surface area contributed by atoms with Gasteiger partial charge in [-0.15, -0.1) is 21.5 Å². The van der Waals surface area contributed by atoms with Gasteiger partial charge in [0.1, 0.15) is 10.5 Å². The second kappa shape index (κ2) is 4.33. The lowest BCUT2D eigenvalue weighted by Gasteiger charge is -2.20. The Morgan fingerprint density at radius 3 is 2.42 bits per heavy atom. The van der Waals surface area contributed by atoms with Crippen LogP contribution < -0.4 is 0 Å². The number of aromatic nitrogens is 2. The van der Waals surface area contributed by atoms with Gasteiger partial charge in [-0.3, -0.25) is 0 Å². The van der Waals surface area contributed by atoms with Gasteiger partial charge in [-0.05, 0) is 5.92 Å². The molecule has 2 nitrogen and oxygen atoms in total. The maximum atomic E-state index is 4.10. The van der Waals surface area contributed by atoms with Crippen LogP contribution in [0.4, 0.5) is 0 Å². The molecule has 0 aliphatic heterocycles. The summed E-state index contributed by atoms with van der Waals surface area (Å²) < 4.78 is 0. The Bertz CT molecular complexity index is 213. The molecule has 1 aromatic rings. The smallest absolute Gasteiger partial charge is 0.121 e. The molecule has 0 amide bonds. The number of nitrogens with zero attached hydrogens (tertiary/aromatic N) is 2. The Morgan fingerprint density at radius 2 is 2.08 bits per heavy atom.